The predicted octanol–water partition coefficient (Wildman–Crippen LogP) is 1.54. The summed E-state index contributed by atoms with van der Waals surface area (Å²) in [4.78, 5) is 6.74. The van der Waals surface area contributed by atoms with Crippen LogP contribution in [0.1, 0.15) is 19.2 Å². The summed E-state index contributed by atoms with van der Waals surface area (Å²) >= 11 is 0. The van der Waals surface area contributed by atoms with Gasteiger partial charge in [-0.25, -0.2) is 0 Å². The Morgan fingerprint density at radius 2 is 2.18 bits per heavy atom. The van der Waals surface area contributed by atoms with E-state index in [2.05, 4.69) is 54.3 Å². The zero-order valence-corrected chi connectivity index (χ0v) is 17.1. The van der Waals surface area contributed by atoms with Crippen LogP contribution in [0, 0.1) is 5.92 Å². The van der Waals surface area contributed by atoms with Gasteiger partial charge in [0.1, 0.15) is 17.9 Å². The first-order valence-corrected chi connectivity index (χ1v) is 9.94. The van der Waals surface area contributed by atoms with Crippen LogP contribution in [-0.4, -0.2) is 61.1 Å². The van der Waals surface area contributed by atoms with Crippen molar-refractivity contribution in [1.82, 2.24) is 25.4 Å². The van der Waals surface area contributed by atoms with E-state index in [9.17, 15) is 0 Å². The standard InChI is InChI=1S/C20H31N7O/c1-4-19-25-24-15-27(19)12-10-22-20(21-2)23-13-16-9-11-26(14-16)17-7-5-6-8-18(17)28-3/h5-8,15-16H,4,9-14H2,1-3H3,(H2,21,22,23). The molecule has 2 heterocycles. The molecule has 1 fully saturated rings. The third kappa shape index (κ3) is 4.94. The van der Waals surface area contributed by atoms with Gasteiger partial charge in [0.15, 0.2) is 5.96 Å². The van der Waals surface area contributed by atoms with Crippen LogP contribution in [0.5, 0.6) is 5.75 Å². The number of para-hydroxylation sites is 2. The molecule has 0 amide bonds. The molecule has 0 radical (unpaired) electrons. The molecule has 0 bridgehead atoms. The van der Waals surface area contributed by atoms with Crippen molar-refractivity contribution in [3.05, 3.63) is 36.4 Å². The number of anilines is 1. The number of aliphatic imine (C=N–C) groups is 1. The second kappa shape index (κ2) is 9.96. The van der Waals surface area contributed by atoms with Gasteiger partial charge < -0.3 is 24.8 Å². The summed E-state index contributed by atoms with van der Waals surface area (Å²) in [7, 11) is 3.54. The summed E-state index contributed by atoms with van der Waals surface area (Å²) in [5.41, 5.74) is 1.18. The molecule has 8 heteroatoms. The van der Waals surface area contributed by atoms with E-state index < -0.39 is 0 Å². The van der Waals surface area contributed by atoms with E-state index in [1.807, 2.05) is 12.1 Å². The Balaban J connectivity index is 1.43. The topological polar surface area (TPSA) is 79.6 Å². The zero-order chi connectivity index (χ0) is 19.8. The first-order valence-electron chi connectivity index (χ1n) is 9.94. The van der Waals surface area contributed by atoms with E-state index in [1.54, 1.807) is 20.5 Å². The smallest absolute Gasteiger partial charge is 0.191 e. The number of guanidine groups is 1. The lowest BCUT2D eigenvalue weighted by atomic mass is 10.1. The average molecular weight is 386 g/mol. The predicted molar refractivity (Wildman–Crippen MR) is 112 cm³/mol. The summed E-state index contributed by atoms with van der Waals surface area (Å²) in [5.74, 6) is 3.36. The molecule has 3 rings (SSSR count). The lowest BCUT2D eigenvalue weighted by Gasteiger charge is -2.21. The second-order valence-corrected chi connectivity index (χ2v) is 6.95. The Morgan fingerprint density at radius 3 is 2.96 bits per heavy atom. The Kier molecular flexibility index (Phi) is 7.11. The fraction of sp³-hybridized carbons (Fsp3) is 0.550. The number of ether oxygens (including phenoxy) is 1. The Labute approximate surface area is 167 Å². The number of hydrogen-bond acceptors (Lipinski definition) is 5. The number of rotatable bonds is 8. The summed E-state index contributed by atoms with van der Waals surface area (Å²) in [5, 5.41) is 14.9. The summed E-state index contributed by atoms with van der Waals surface area (Å²) in [6, 6.07) is 8.22. The van der Waals surface area contributed by atoms with Crippen molar-refractivity contribution in [3.63, 3.8) is 0 Å². The van der Waals surface area contributed by atoms with Crippen LogP contribution in [0.25, 0.3) is 0 Å². The quantitative estimate of drug-likeness (QED) is 0.530. The van der Waals surface area contributed by atoms with Gasteiger partial charge in [-0.2, -0.15) is 0 Å². The Bertz CT molecular complexity index is 773. The normalized spacial score (nSPS) is 17.0. The van der Waals surface area contributed by atoms with Gasteiger partial charge in [-0.3, -0.25) is 4.99 Å². The van der Waals surface area contributed by atoms with Crippen LogP contribution in [0.15, 0.2) is 35.6 Å². The van der Waals surface area contributed by atoms with Crippen LogP contribution in [0.3, 0.4) is 0 Å². The van der Waals surface area contributed by atoms with Gasteiger partial charge in [-0.05, 0) is 24.5 Å². The van der Waals surface area contributed by atoms with Gasteiger partial charge in [-0.15, -0.1) is 10.2 Å². The molecule has 1 saturated heterocycles. The molecule has 1 aliphatic rings. The molecule has 2 aromatic rings. The minimum absolute atomic E-state index is 0.577. The molecule has 1 aromatic heterocycles. The molecule has 1 unspecified atom stereocenters. The highest BCUT2D eigenvalue weighted by molar-refractivity contribution is 5.79. The van der Waals surface area contributed by atoms with Crippen molar-refractivity contribution < 1.29 is 4.74 Å². The van der Waals surface area contributed by atoms with Crippen molar-refractivity contribution >= 4 is 11.6 Å². The fourth-order valence-corrected chi connectivity index (χ4v) is 3.60. The molecule has 152 valence electrons. The SMILES string of the molecule is CCc1nncn1CCNC(=NC)NCC1CCN(c2ccccc2OC)C1. The molecule has 1 atom stereocenters. The second-order valence-electron chi connectivity index (χ2n) is 6.95. The van der Waals surface area contributed by atoms with Crippen molar-refractivity contribution in [1.29, 1.82) is 0 Å². The fourth-order valence-electron chi connectivity index (χ4n) is 3.60. The maximum absolute atomic E-state index is 5.50. The molecule has 2 N–H and O–H groups in total. The molecular formula is C20H31N7O. The van der Waals surface area contributed by atoms with Gasteiger partial charge in [-0.1, -0.05) is 19.1 Å². The molecule has 0 spiro atoms. The van der Waals surface area contributed by atoms with Gasteiger partial charge in [0.25, 0.3) is 0 Å². The number of nitrogens with zero attached hydrogens (tertiary/aromatic N) is 5. The molecule has 0 saturated carbocycles. The first-order chi connectivity index (χ1) is 13.7. The minimum Gasteiger partial charge on any atom is -0.495 e. The van der Waals surface area contributed by atoms with Gasteiger partial charge >= 0.3 is 0 Å². The third-order valence-electron chi connectivity index (χ3n) is 5.15. The average Bonchev–Trinajstić information content (AvgIpc) is 3.39. The Morgan fingerprint density at radius 1 is 1.32 bits per heavy atom. The van der Waals surface area contributed by atoms with E-state index in [4.69, 9.17) is 4.74 Å². The molecule has 28 heavy (non-hydrogen) atoms. The van der Waals surface area contributed by atoms with Gasteiger partial charge in [0.2, 0.25) is 0 Å². The van der Waals surface area contributed by atoms with Crippen molar-refractivity contribution in [2.45, 2.75) is 26.3 Å². The van der Waals surface area contributed by atoms with Crippen LogP contribution < -0.4 is 20.3 Å². The number of benzene rings is 1. The van der Waals surface area contributed by atoms with Crippen molar-refractivity contribution in [3.8, 4) is 5.75 Å². The minimum atomic E-state index is 0.577. The van der Waals surface area contributed by atoms with Gasteiger partial charge in [0.05, 0.1) is 12.8 Å². The Hall–Kier alpha value is -2.77. The molecule has 8 nitrogen and oxygen atoms in total. The number of aryl methyl sites for hydroxylation is 1. The van der Waals surface area contributed by atoms with Crippen molar-refractivity contribution in [2.24, 2.45) is 10.9 Å². The molecule has 1 aliphatic heterocycles. The van der Waals surface area contributed by atoms with E-state index in [1.165, 1.54) is 5.69 Å². The number of methoxy groups -OCH3 is 1. The molecule has 0 aliphatic carbocycles. The van der Waals surface area contributed by atoms with Crippen LogP contribution in [0.4, 0.5) is 5.69 Å². The van der Waals surface area contributed by atoms with Crippen LogP contribution in [0.2, 0.25) is 0 Å². The summed E-state index contributed by atoms with van der Waals surface area (Å²) in [6.45, 7) is 6.66. The van der Waals surface area contributed by atoms with Crippen LogP contribution in [-0.2, 0) is 13.0 Å². The monoisotopic (exact) mass is 385 g/mol. The highest BCUT2D eigenvalue weighted by atomic mass is 16.5. The first kappa shape index (κ1) is 20.0. The molecular weight excluding hydrogens is 354 g/mol. The van der Waals surface area contributed by atoms with E-state index in [0.29, 0.717) is 5.92 Å². The third-order valence-corrected chi connectivity index (χ3v) is 5.15. The van der Waals surface area contributed by atoms with Gasteiger partial charge in [0, 0.05) is 46.2 Å². The summed E-state index contributed by atoms with van der Waals surface area (Å²) < 4.78 is 7.57. The van der Waals surface area contributed by atoms with E-state index in [0.717, 1.165) is 63.1 Å². The van der Waals surface area contributed by atoms with Crippen LogP contribution >= 0.6 is 0 Å². The largest absolute Gasteiger partial charge is 0.495 e. The maximum Gasteiger partial charge on any atom is 0.191 e. The highest BCUT2D eigenvalue weighted by Crippen LogP contribution is 2.31. The van der Waals surface area contributed by atoms with Crippen molar-refractivity contribution in [2.75, 3.05) is 45.2 Å². The number of hydrogen-bond donors (Lipinski definition) is 2. The van der Waals surface area contributed by atoms with E-state index >= 15 is 0 Å². The lowest BCUT2D eigenvalue weighted by molar-refractivity contribution is 0.414. The zero-order valence-electron chi connectivity index (χ0n) is 17.1. The van der Waals surface area contributed by atoms with E-state index in [-0.39, 0.29) is 0 Å². The molecule has 1 aromatic carbocycles. The number of aromatic nitrogens is 3. The maximum atomic E-state index is 5.50. The number of nitrogens with one attached hydrogen (secondary N) is 2. The lowest BCUT2D eigenvalue weighted by Crippen LogP contribution is -2.41. The summed E-state index contributed by atoms with van der Waals surface area (Å²) in [6.07, 6.45) is 3.82. The highest BCUT2D eigenvalue weighted by Gasteiger charge is 2.24.